The molecule has 10 rings (SSSR count). The van der Waals surface area contributed by atoms with Crippen LogP contribution in [0.15, 0.2) is 34.6 Å². The highest BCUT2D eigenvalue weighted by molar-refractivity contribution is 5.92. The molecule has 10 aliphatic carbocycles. The molecule has 0 amide bonds. The maximum Gasteiger partial charge on any atom is 0.331 e. The van der Waals surface area contributed by atoms with Crippen molar-refractivity contribution in [3.8, 4) is 0 Å². The van der Waals surface area contributed by atoms with Crippen molar-refractivity contribution < 1.29 is 63.2 Å². The molecule has 3 N–H and O–H groups in total. The summed E-state index contributed by atoms with van der Waals surface area (Å²) in [5.41, 5.74) is 1.18. The van der Waals surface area contributed by atoms with Crippen LogP contribution in [0.1, 0.15) is 233 Å². The van der Waals surface area contributed by atoms with Crippen molar-refractivity contribution in [2.24, 2.45) is 124 Å². The van der Waals surface area contributed by atoms with Crippen LogP contribution in [0.4, 0.5) is 0 Å². The molecule has 0 aliphatic heterocycles. The lowest BCUT2D eigenvalue weighted by Crippen LogP contribution is -2.67. The highest BCUT2D eigenvalue weighted by atomic mass is 16.7. The van der Waals surface area contributed by atoms with Gasteiger partial charge in [0.1, 0.15) is 13.2 Å². The number of esters is 2. The second-order valence-corrected chi connectivity index (χ2v) is 30.9. The highest BCUT2D eigenvalue weighted by Gasteiger charge is 2.75. The van der Waals surface area contributed by atoms with Gasteiger partial charge in [0.25, 0.3) is 0 Å². The van der Waals surface area contributed by atoms with Gasteiger partial charge in [-0.25, -0.2) is 9.59 Å². The molecule has 478 valence electrons. The number of aliphatic hydroxyl groups excluding tert-OH is 1. The number of hydrogen-bond acceptors (Lipinski definition) is 13. The summed E-state index contributed by atoms with van der Waals surface area (Å²) in [7, 11) is 0. The van der Waals surface area contributed by atoms with Gasteiger partial charge in [-0.15, -0.1) is 0 Å². The average Bonchev–Trinajstić information content (AvgIpc) is 1.51. The van der Waals surface area contributed by atoms with Gasteiger partial charge in [-0.05, 0) is 233 Å². The molecule has 10 saturated carbocycles. The molecule has 20 atom stereocenters. The number of aliphatic carboxylic acids is 2. The molecule has 0 bridgehead atoms. The number of nitrogens with zero attached hydrogens (tertiary/aromatic N) is 2. The molecule has 0 heterocycles. The van der Waals surface area contributed by atoms with Crippen molar-refractivity contribution >= 4 is 47.2 Å². The van der Waals surface area contributed by atoms with Crippen LogP contribution in [0.5, 0.6) is 0 Å². The predicted molar refractivity (Wildman–Crippen MR) is 328 cm³/mol. The zero-order chi connectivity index (χ0) is 61.1. The van der Waals surface area contributed by atoms with Gasteiger partial charge in [-0.2, -0.15) is 0 Å². The van der Waals surface area contributed by atoms with Crippen molar-refractivity contribution in [3.05, 3.63) is 24.3 Å². The van der Waals surface area contributed by atoms with E-state index in [0.717, 1.165) is 125 Å². The molecule has 0 spiro atoms. The molecule has 10 fully saturated rings. The van der Waals surface area contributed by atoms with Gasteiger partial charge in [0.05, 0.1) is 28.9 Å². The van der Waals surface area contributed by atoms with Gasteiger partial charge in [-0.1, -0.05) is 99.3 Å². The summed E-state index contributed by atoms with van der Waals surface area (Å²) in [6.07, 6.45) is 17.8. The van der Waals surface area contributed by atoms with Gasteiger partial charge in [-0.3, -0.25) is 19.2 Å². The van der Waals surface area contributed by atoms with Crippen molar-refractivity contribution in [1.29, 1.82) is 0 Å². The first-order chi connectivity index (χ1) is 38.7. The van der Waals surface area contributed by atoms with E-state index in [1.807, 2.05) is 0 Å². The maximum atomic E-state index is 12.9. The Morgan fingerprint density at radius 3 is 1.19 bits per heavy atom. The molecule has 10 aliphatic rings. The van der Waals surface area contributed by atoms with Gasteiger partial charge in [0.15, 0.2) is 0 Å². The third-order valence-electron chi connectivity index (χ3n) is 28.0. The van der Waals surface area contributed by atoms with Gasteiger partial charge >= 0.3 is 35.8 Å². The first-order valence-corrected chi connectivity index (χ1v) is 31.8. The number of rotatable bonds is 11. The lowest BCUT2D eigenvalue weighted by molar-refractivity contribution is -0.233. The molecule has 0 unspecified atom stereocenters. The normalized spacial score (nSPS) is 46.2. The number of allylic oxidation sites excluding steroid dienone is 1. The second-order valence-electron chi connectivity index (χ2n) is 30.9. The number of aliphatic hydroxyl groups is 1. The standard InChI is InChI=1S/C34H51NO7.C34H51NO6.2CH4/c1-20(18-36)23-10-15-34(29(39)40)17-16-32(6)24(28(23)34)8-9-26-30(4)13-12-27(35-42-22(3)38)31(5,19-41-21(2)37)25(30)11-14-33(26,32)7;1-20(2)23-11-16-34(29(38)39)18-17-32(7)24(28(23)34)9-10-26-30(5)14-13-27(35-41-22(4)37)31(6,19-40-21(3)36)25(30)12-15-33(26,32)8;;/h23-26,28,36H,1,8-19H2,2-7H3,(H,39,40);23-26,28H,1,9-19H2,2-8H3,(H,38,39);2*1H4/t2*23-,24+,25+,26+,28+,30-,31+,32+,33+,34-;;/m00../s1. The fraction of sp³-hybridized carbons (Fsp3) is 0.829. The summed E-state index contributed by atoms with van der Waals surface area (Å²) < 4.78 is 11.3. The number of carboxylic acids is 2. The molecular formula is C70H110N2O13. The largest absolute Gasteiger partial charge is 0.481 e. The summed E-state index contributed by atoms with van der Waals surface area (Å²) in [6, 6.07) is 0. The zero-order valence-corrected chi connectivity index (χ0v) is 52.8. The van der Waals surface area contributed by atoms with Crippen molar-refractivity contribution in [1.82, 2.24) is 0 Å². The topological polar surface area (TPSA) is 225 Å². The first-order valence-electron chi connectivity index (χ1n) is 31.8. The van der Waals surface area contributed by atoms with E-state index in [-0.39, 0.29) is 121 Å². The Morgan fingerprint density at radius 2 is 0.847 bits per heavy atom. The number of carboxylic acid groups (broad SMARTS) is 2. The molecule has 85 heavy (non-hydrogen) atoms. The van der Waals surface area contributed by atoms with Crippen LogP contribution < -0.4 is 0 Å². The quantitative estimate of drug-likeness (QED) is 0.0758. The van der Waals surface area contributed by atoms with Crippen LogP contribution in [-0.4, -0.2) is 82.4 Å². The third kappa shape index (κ3) is 10.1. The minimum atomic E-state index is -0.729. The van der Waals surface area contributed by atoms with E-state index in [0.29, 0.717) is 43.4 Å². The van der Waals surface area contributed by atoms with E-state index in [1.165, 1.54) is 27.7 Å². The average molecular weight is 1190 g/mol. The Hall–Kier alpha value is -4.40. The Labute approximate surface area is 509 Å². The Kier molecular flexibility index (Phi) is 18.8. The molecule has 15 nitrogen and oxygen atoms in total. The Morgan fingerprint density at radius 1 is 0.471 bits per heavy atom. The van der Waals surface area contributed by atoms with Crippen molar-refractivity contribution in [3.63, 3.8) is 0 Å². The maximum absolute atomic E-state index is 12.9. The minimum Gasteiger partial charge on any atom is -0.481 e. The van der Waals surface area contributed by atoms with E-state index < -0.39 is 45.5 Å². The minimum absolute atomic E-state index is 0. The lowest BCUT2D eigenvalue weighted by atomic mass is 9.32. The lowest BCUT2D eigenvalue weighted by Gasteiger charge is -2.72. The SMILES string of the molecule is C.C.C=C(C)[C@@H]1CC[C@]2(C(=O)O)CC[C@]3(C)[C@H](CC[C@@H]4[C@@]5(C)CCC(=NOC(C)=O)[C@](C)(COC(C)=O)[C@@H]5CC[C@]43C)[C@@H]12.C=C(CO)[C@@H]1CC[C@]2(C(=O)O)CC[C@]3(C)[C@H](CC[C@@H]4[C@@]5(C)CCC(=NOC(C)=O)[C@](C)(COC(C)=O)[C@@H]5CC[C@]43C)[C@@H]12. The van der Waals surface area contributed by atoms with E-state index in [9.17, 15) is 44.1 Å². The van der Waals surface area contributed by atoms with Crippen molar-refractivity contribution in [2.45, 2.75) is 233 Å². The summed E-state index contributed by atoms with van der Waals surface area (Å²) in [5, 5.41) is 40.0. The number of carbonyl (C=O) groups is 6. The number of carbonyl (C=O) groups excluding carboxylic acids is 4. The summed E-state index contributed by atoms with van der Waals surface area (Å²) in [6.45, 7) is 35.7. The smallest absolute Gasteiger partial charge is 0.331 e. The molecular weight excluding hydrogens is 1080 g/mol. The van der Waals surface area contributed by atoms with Crippen LogP contribution in [0.3, 0.4) is 0 Å². The molecule has 15 heteroatoms. The van der Waals surface area contributed by atoms with Crippen LogP contribution >= 0.6 is 0 Å². The number of ether oxygens (including phenoxy) is 2. The molecule has 0 aromatic rings. The van der Waals surface area contributed by atoms with E-state index in [4.69, 9.17) is 19.1 Å². The van der Waals surface area contributed by atoms with Crippen LogP contribution in [-0.2, 0) is 47.9 Å². The fourth-order valence-corrected chi connectivity index (χ4v) is 23.7. The van der Waals surface area contributed by atoms with E-state index in [1.54, 1.807) is 0 Å². The van der Waals surface area contributed by atoms with Crippen LogP contribution in [0.25, 0.3) is 0 Å². The van der Waals surface area contributed by atoms with Crippen molar-refractivity contribution in [2.75, 3.05) is 19.8 Å². The van der Waals surface area contributed by atoms with Crippen LogP contribution in [0.2, 0.25) is 0 Å². The second kappa shape index (κ2) is 23.5. The summed E-state index contributed by atoms with van der Waals surface area (Å²) in [5.74, 6) is -0.400. The van der Waals surface area contributed by atoms with E-state index >= 15 is 0 Å². The number of hydrogen-bond donors (Lipinski definition) is 3. The first kappa shape index (κ1) is 68.1. The molecule has 0 radical (unpaired) electrons. The molecule has 0 saturated heterocycles. The molecule has 0 aromatic carbocycles. The Bertz CT molecular complexity index is 2740. The van der Waals surface area contributed by atoms with Gasteiger partial charge in [0.2, 0.25) is 0 Å². The summed E-state index contributed by atoms with van der Waals surface area (Å²) in [4.78, 5) is 83.4. The van der Waals surface area contributed by atoms with E-state index in [2.05, 4.69) is 85.8 Å². The number of oxime groups is 2. The third-order valence-corrected chi connectivity index (χ3v) is 28.0. The highest BCUT2D eigenvalue weighted by Crippen LogP contribution is 2.80. The fourth-order valence-electron chi connectivity index (χ4n) is 23.7. The zero-order valence-electron chi connectivity index (χ0n) is 52.8. The van der Waals surface area contributed by atoms with Crippen LogP contribution in [0, 0.1) is 113 Å². The van der Waals surface area contributed by atoms with Gasteiger partial charge < -0.3 is 34.5 Å². The van der Waals surface area contributed by atoms with Gasteiger partial charge in [0, 0.05) is 38.5 Å². The monoisotopic (exact) mass is 1190 g/mol. The Balaban J connectivity index is 0.000000238. The predicted octanol–water partition coefficient (Wildman–Crippen LogP) is 14.6. The number of fused-ring (bicyclic) bond motifs is 14. The molecule has 0 aromatic heterocycles. The summed E-state index contributed by atoms with van der Waals surface area (Å²) >= 11 is 0.